The molecule has 0 saturated carbocycles. The first kappa shape index (κ1) is 14.4. The van der Waals surface area contributed by atoms with Crippen LogP contribution in [-0.4, -0.2) is 44.2 Å². The average Bonchev–Trinajstić information content (AvgIpc) is 2.48. The van der Waals surface area contributed by atoms with Gasteiger partial charge in [-0.1, -0.05) is 0 Å². The van der Waals surface area contributed by atoms with Gasteiger partial charge in [-0.2, -0.15) is 0 Å². The zero-order valence-electron chi connectivity index (χ0n) is 11.0. The number of nitrogens with two attached hydrogens (primary N) is 2. The molecule has 1 fully saturated rings. The highest BCUT2D eigenvalue weighted by Crippen LogP contribution is 2.19. The summed E-state index contributed by atoms with van der Waals surface area (Å²) in [4.78, 5) is 24.9. The first-order valence-electron chi connectivity index (χ1n) is 6.36. The van der Waals surface area contributed by atoms with Crippen molar-refractivity contribution >= 4 is 23.2 Å². The van der Waals surface area contributed by atoms with E-state index in [0.29, 0.717) is 18.8 Å². The van der Waals surface area contributed by atoms with Crippen LogP contribution in [0.15, 0.2) is 24.3 Å². The molecule has 1 atom stereocenters. The van der Waals surface area contributed by atoms with Crippen molar-refractivity contribution in [3.8, 4) is 0 Å². The highest BCUT2D eigenvalue weighted by Gasteiger charge is 2.20. The Morgan fingerprint density at radius 3 is 2.70 bits per heavy atom. The Labute approximate surface area is 116 Å². The summed E-state index contributed by atoms with van der Waals surface area (Å²) in [6.45, 7) is 1.24. The molecule has 1 aliphatic heterocycles. The van der Waals surface area contributed by atoms with Gasteiger partial charge in [-0.25, -0.2) is 0 Å². The molecule has 1 heterocycles. The van der Waals surface area contributed by atoms with Crippen molar-refractivity contribution in [2.45, 2.75) is 6.04 Å². The molecule has 2 amide bonds. The minimum absolute atomic E-state index is 0.0711. The van der Waals surface area contributed by atoms with Gasteiger partial charge < -0.3 is 26.4 Å². The average molecular weight is 278 g/mol. The number of hydrogen-bond acceptors (Lipinski definition) is 5. The van der Waals surface area contributed by atoms with Gasteiger partial charge >= 0.3 is 0 Å². The molecule has 0 radical (unpaired) electrons. The lowest BCUT2D eigenvalue weighted by Gasteiger charge is -2.27. The van der Waals surface area contributed by atoms with Crippen LogP contribution in [0.2, 0.25) is 0 Å². The molecule has 0 aliphatic carbocycles. The van der Waals surface area contributed by atoms with Crippen LogP contribution in [0.25, 0.3) is 0 Å². The second kappa shape index (κ2) is 6.47. The van der Waals surface area contributed by atoms with Crippen LogP contribution in [0.4, 0.5) is 11.4 Å². The first-order chi connectivity index (χ1) is 9.61. The molecule has 1 aliphatic rings. The van der Waals surface area contributed by atoms with E-state index in [9.17, 15) is 9.59 Å². The van der Waals surface area contributed by atoms with Gasteiger partial charge in [0.2, 0.25) is 5.91 Å². The Morgan fingerprint density at radius 2 is 2.10 bits per heavy atom. The number of rotatable bonds is 4. The zero-order valence-corrected chi connectivity index (χ0v) is 11.0. The van der Waals surface area contributed by atoms with Crippen LogP contribution in [0.5, 0.6) is 0 Å². The summed E-state index contributed by atoms with van der Waals surface area (Å²) < 4.78 is 5.07. The third kappa shape index (κ3) is 3.32. The molecule has 5 N–H and O–H groups in total. The van der Waals surface area contributed by atoms with E-state index in [1.54, 1.807) is 29.2 Å². The smallest absolute Gasteiger partial charge is 0.253 e. The molecule has 108 valence electrons. The van der Waals surface area contributed by atoms with Crippen LogP contribution in [-0.2, 0) is 14.3 Å². The van der Waals surface area contributed by atoms with E-state index in [2.05, 4.69) is 5.32 Å². The third-order valence-electron chi connectivity index (χ3n) is 3.02. The van der Waals surface area contributed by atoms with E-state index >= 15 is 0 Å². The summed E-state index contributed by atoms with van der Waals surface area (Å²) in [5.74, 6) is -0.402. The minimum Gasteiger partial charge on any atom is -0.370 e. The van der Waals surface area contributed by atoms with Crippen LogP contribution < -0.4 is 21.7 Å². The van der Waals surface area contributed by atoms with Crippen LogP contribution in [0.1, 0.15) is 0 Å². The number of ether oxygens (including phenoxy) is 1. The Morgan fingerprint density at radius 1 is 1.40 bits per heavy atom. The first-order valence-corrected chi connectivity index (χ1v) is 6.36. The van der Waals surface area contributed by atoms with E-state index in [0.717, 1.165) is 5.69 Å². The van der Waals surface area contributed by atoms with Crippen LogP contribution >= 0.6 is 0 Å². The SMILES string of the molecule is NC[C@H](N)C(=O)Nc1ccc(N2CCOCC2=O)cc1. The van der Waals surface area contributed by atoms with Gasteiger partial charge in [0.15, 0.2) is 0 Å². The molecular formula is C13H18N4O3. The fourth-order valence-corrected chi connectivity index (χ4v) is 1.86. The number of nitrogens with zero attached hydrogens (tertiary/aromatic N) is 1. The normalized spacial score (nSPS) is 16.9. The fraction of sp³-hybridized carbons (Fsp3) is 0.385. The number of amides is 2. The molecule has 1 saturated heterocycles. The van der Waals surface area contributed by atoms with Gasteiger partial charge in [-0.3, -0.25) is 9.59 Å². The van der Waals surface area contributed by atoms with Gasteiger partial charge in [-0.15, -0.1) is 0 Å². The Hall–Kier alpha value is -1.96. The topological polar surface area (TPSA) is 111 Å². The number of carbonyl (C=O) groups is 2. The molecule has 7 heteroatoms. The number of morpholine rings is 1. The van der Waals surface area contributed by atoms with E-state index in [1.807, 2.05) is 0 Å². The molecule has 2 rings (SSSR count). The monoisotopic (exact) mass is 278 g/mol. The molecule has 1 aromatic carbocycles. The zero-order chi connectivity index (χ0) is 14.5. The lowest BCUT2D eigenvalue weighted by molar-refractivity contribution is -0.125. The highest BCUT2D eigenvalue weighted by atomic mass is 16.5. The lowest BCUT2D eigenvalue weighted by Crippen LogP contribution is -2.42. The summed E-state index contributed by atoms with van der Waals surface area (Å²) in [6, 6.07) is 6.26. The van der Waals surface area contributed by atoms with E-state index in [1.165, 1.54) is 0 Å². The number of anilines is 2. The van der Waals surface area contributed by atoms with Crippen molar-refractivity contribution in [1.82, 2.24) is 0 Å². The summed E-state index contributed by atoms with van der Waals surface area (Å²) in [5, 5.41) is 2.66. The standard InChI is InChI=1S/C13H18N4O3/c14-7-11(15)13(19)16-9-1-3-10(4-2-9)17-5-6-20-8-12(17)18/h1-4,11H,5-8,14-15H2,(H,16,19)/t11-/m0/s1. The van der Waals surface area contributed by atoms with Crippen molar-refractivity contribution in [3.63, 3.8) is 0 Å². The predicted octanol–water partition coefficient (Wildman–Crippen LogP) is -0.726. The fourth-order valence-electron chi connectivity index (χ4n) is 1.86. The Bertz CT molecular complexity index is 489. The molecule has 0 aromatic heterocycles. The molecule has 1 aromatic rings. The third-order valence-corrected chi connectivity index (χ3v) is 3.02. The van der Waals surface area contributed by atoms with E-state index < -0.39 is 6.04 Å². The van der Waals surface area contributed by atoms with Gasteiger partial charge in [0.25, 0.3) is 5.91 Å². The largest absolute Gasteiger partial charge is 0.370 e. The summed E-state index contributed by atoms with van der Waals surface area (Å²) in [5.41, 5.74) is 12.2. The maximum atomic E-state index is 11.7. The number of hydrogen-bond donors (Lipinski definition) is 3. The summed E-state index contributed by atoms with van der Waals surface area (Å²) >= 11 is 0. The second-order valence-corrected chi connectivity index (χ2v) is 4.48. The summed E-state index contributed by atoms with van der Waals surface area (Å²) in [6.07, 6.45) is 0. The Balaban J connectivity index is 2.02. The maximum Gasteiger partial charge on any atom is 0.253 e. The van der Waals surface area contributed by atoms with Crippen LogP contribution in [0.3, 0.4) is 0 Å². The maximum absolute atomic E-state index is 11.7. The van der Waals surface area contributed by atoms with Gasteiger partial charge in [0, 0.05) is 24.5 Å². The van der Waals surface area contributed by atoms with Crippen molar-refractivity contribution in [1.29, 1.82) is 0 Å². The number of carbonyl (C=O) groups excluding carboxylic acids is 2. The van der Waals surface area contributed by atoms with Gasteiger partial charge in [-0.05, 0) is 24.3 Å². The molecule has 20 heavy (non-hydrogen) atoms. The molecule has 0 bridgehead atoms. The van der Waals surface area contributed by atoms with Crippen molar-refractivity contribution in [2.24, 2.45) is 11.5 Å². The number of nitrogens with one attached hydrogen (secondary N) is 1. The molecule has 7 nitrogen and oxygen atoms in total. The molecular weight excluding hydrogens is 260 g/mol. The summed E-state index contributed by atoms with van der Waals surface area (Å²) in [7, 11) is 0. The predicted molar refractivity (Wildman–Crippen MR) is 75.3 cm³/mol. The van der Waals surface area contributed by atoms with Gasteiger partial charge in [0.1, 0.15) is 6.61 Å². The Kier molecular flexibility index (Phi) is 4.67. The molecule has 0 unspecified atom stereocenters. The lowest BCUT2D eigenvalue weighted by atomic mass is 10.2. The van der Waals surface area contributed by atoms with Crippen molar-refractivity contribution in [2.75, 3.05) is 36.5 Å². The van der Waals surface area contributed by atoms with Crippen molar-refractivity contribution in [3.05, 3.63) is 24.3 Å². The highest BCUT2D eigenvalue weighted by molar-refractivity contribution is 5.96. The number of benzene rings is 1. The van der Waals surface area contributed by atoms with E-state index in [-0.39, 0.29) is 25.0 Å². The minimum atomic E-state index is -0.726. The van der Waals surface area contributed by atoms with Crippen LogP contribution in [0, 0.1) is 0 Å². The molecule has 0 spiro atoms. The quantitative estimate of drug-likeness (QED) is 0.672. The second-order valence-electron chi connectivity index (χ2n) is 4.48. The van der Waals surface area contributed by atoms with Crippen molar-refractivity contribution < 1.29 is 14.3 Å². The van der Waals surface area contributed by atoms with Gasteiger partial charge in [0.05, 0.1) is 12.6 Å². The van der Waals surface area contributed by atoms with E-state index in [4.69, 9.17) is 16.2 Å².